The van der Waals surface area contributed by atoms with Gasteiger partial charge in [-0.25, -0.2) is 0 Å². The van der Waals surface area contributed by atoms with Gasteiger partial charge >= 0.3 is 0 Å². The summed E-state index contributed by atoms with van der Waals surface area (Å²) < 4.78 is 0. The number of thiol groups is 1. The maximum absolute atomic E-state index is 4.07. The first kappa shape index (κ1) is 7.89. The van der Waals surface area contributed by atoms with Crippen molar-refractivity contribution in [2.75, 3.05) is 6.54 Å². The molecule has 0 aromatic rings. The Labute approximate surface area is 56.6 Å². The first-order valence-corrected chi connectivity index (χ1v) is 3.31. The van der Waals surface area contributed by atoms with Gasteiger partial charge in [-0.15, -0.1) is 12.6 Å². The van der Waals surface area contributed by atoms with Gasteiger partial charge in [0.15, 0.2) is 0 Å². The summed E-state index contributed by atoms with van der Waals surface area (Å²) in [6, 6.07) is 0. The molecule has 0 bridgehead atoms. The van der Waals surface area contributed by atoms with Gasteiger partial charge in [-0.1, -0.05) is 6.92 Å². The first-order chi connectivity index (χ1) is 3.77. The molecular weight excluding hydrogens is 118 g/mol. The third kappa shape index (κ3) is 5.89. The van der Waals surface area contributed by atoms with E-state index in [1.165, 1.54) is 0 Å². The van der Waals surface area contributed by atoms with Gasteiger partial charge in [0.2, 0.25) is 0 Å². The predicted molar refractivity (Wildman–Crippen MR) is 41.0 cm³/mol. The summed E-state index contributed by atoms with van der Waals surface area (Å²) in [5, 5.41) is 3.10. The van der Waals surface area contributed by atoms with Crippen LogP contribution in [0.5, 0.6) is 0 Å². The van der Waals surface area contributed by atoms with Crippen molar-refractivity contribution in [2.45, 2.75) is 20.3 Å². The van der Waals surface area contributed by atoms with Crippen LogP contribution in [0.25, 0.3) is 0 Å². The Morgan fingerprint density at radius 1 is 1.75 bits per heavy atom. The first-order valence-electron chi connectivity index (χ1n) is 2.86. The van der Waals surface area contributed by atoms with Crippen LogP contribution >= 0.6 is 12.6 Å². The smallest absolute Gasteiger partial charge is 0.0139 e. The zero-order valence-electron chi connectivity index (χ0n) is 5.44. The summed E-state index contributed by atoms with van der Waals surface area (Å²) in [5.41, 5.74) is 0. The molecule has 0 rings (SSSR count). The third-order valence-corrected chi connectivity index (χ3v) is 0.834. The SMILES string of the molecule is CCCN/C=C(\C)S. The van der Waals surface area contributed by atoms with Gasteiger partial charge in [-0.05, 0) is 18.2 Å². The maximum atomic E-state index is 4.07. The number of hydrogen-bond acceptors (Lipinski definition) is 2. The molecule has 1 nitrogen and oxygen atoms in total. The van der Waals surface area contributed by atoms with Crippen molar-refractivity contribution >= 4 is 12.6 Å². The highest BCUT2D eigenvalue weighted by molar-refractivity contribution is 7.84. The minimum absolute atomic E-state index is 1.03. The van der Waals surface area contributed by atoms with Crippen molar-refractivity contribution in [3.63, 3.8) is 0 Å². The van der Waals surface area contributed by atoms with E-state index in [-0.39, 0.29) is 0 Å². The summed E-state index contributed by atoms with van der Waals surface area (Å²) in [6.07, 6.45) is 3.07. The second-order valence-corrected chi connectivity index (χ2v) is 2.45. The molecule has 0 fully saturated rings. The molecule has 0 radical (unpaired) electrons. The van der Waals surface area contributed by atoms with Crippen molar-refractivity contribution in [3.8, 4) is 0 Å². The van der Waals surface area contributed by atoms with Crippen LogP contribution in [0.15, 0.2) is 11.1 Å². The van der Waals surface area contributed by atoms with Crippen molar-refractivity contribution in [1.82, 2.24) is 5.32 Å². The van der Waals surface area contributed by atoms with E-state index in [1.807, 2.05) is 13.1 Å². The average molecular weight is 131 g/mol. The quantitative estimate of drug-likeness (QED) is 0.439. The highest BCUT2D eigenvalue weighted by Gasteiger charge is 1.75. The van der Waals surface area contributed by atoms with Gasteiger partial charge in [0.05, 0.1) is 0 Å². The molecule has 0 aromatic heterocycles. The van der Waals surface area contributed by atoms with Gasteiger partial charge < -0.3 is 5.32 Å². The van der Waals surface area contributed by atoms with Crippen LogP contribution in [-0.2, 0) is 0 Å². The fraction of sp³-hybridized carbons (Fsp3) is 0.667. The van der Waals surface area contributed by atoms with Crippen molar-refractivity contribution in [2.24, 2.45) is 0 Å². The molecular formula is C6H13NS. The summed E-state index contributed by atoms with van der Waals surface area (Å²) >= 11 is 4.07. The standard InChI is InChI=1S/C6H13NS/c1-3-4-7-5-6(2)8/h5,7-8H,3-4H2,1-2H3/b6-5+. The van der Waals surface area contributed by atoms with E-state index < -0.39 is 0 Å². The number of allylic oxidation sites excluding steroid dienone is 1. The minimum Gasteiger partial charge on any atom is -0.390 e. The Hall–Kier alpha value is -0.110. The predicted octanol–water partition coefficient (Wildman–Crippen LogP) is 1.78. The molecule has 0 aromatic carbocycles. The molecule has 2 heteroatoms. The van der Waals surface area contributed by atoms with Crippen LogP contribution < -0.4 is 5.32 Å². The normalized spacial score (nSPS) is 11.6. The molecule has 0 aliphatic carbocycles. The fourth-order valence-corrected chi connectivity index (χ4v) is 0.455. The second kappa shape index (κ2) is 5.04. The molecule has 1 N–H and O–H groups in total. The van der Waals surface area contributed by atoms with Crippen LogP contribution in [0.3, 0.4) is 0 Å². The van der Waals surface area contributed by atoms with Gasteiger partial charge in [0.1, 0.15) is 0 Å². The van der Waals surface area contributed by atoms with E-state index in [2.05, 4.69) is 24.9 Å². The second-order valence-electron chi connectivity index (χ2n) is 1.74. The van der Waals surface area contributed by atoms with E-state index in [9.17, 15) is 0 Å². The lowest BCUT2D eigenvalue weighted by atomic mass is 10.5. The Kier molecular flexibility index (Phi) is 4.97. The van der Waals surface area contributed by atoms with E-state index in [0.717, 1.165) is 17.9 Å². The van der Waals surface area contributed by atoms with E-state index >= 15 is 0 Å². The molecule has 0 aliphatic heterocycles. The average Bonchev–Trinajstić information content (AvgIpc) is 1.66. The highest BCUT2D eigenvalue weighted by atomic mass is 32.1. The molecule has 0 aliphatic rings. The monoisotopic (exact) mass is 131 g/mol. The van der Waals surface area contributed by atoms with E-state index in [4.69, 9.17) is 0 Å². The van der Waals surface area contributed by atoms with Gasteiger partial charge in [0.25, 0.3) is 0 Å². The topological polar surface area (TPSA) is 12.0 Å². The van der Waals surface area contributed by atoms with Crippen molar-refractivity contribution < 1.29 is 0 Å². The van der Waals surface area contributed by atoms with E-state index in [0.29, 0.717) is 0 Å². The lowest BCUT2D eigenvalue weighted by Gasteiger charge is -1.94. The lowest BCUT2D eigenvalue weighted by molar-refractivity contribution is 0.807. The Balaban J connectivity index is 3.03. The molecule has 0 atom stereocenters. The molecule has 0 saturated carbocycles. The largest absolute Gasteiger partial charge is 0.390 e. The third-order valence-electron chi connectivity index (χ3n) is 0.705. The molecule has 0 heterocycles. The number of nitrogens with one attached hydrogen (secondary N) is 1. The number of hydrogen-bond donors (Lipinski definition) is 2. The molecule has 48 valence electrons. The van der Waals surface area contributed by atoms with Gasteiger partial charge in [-0.2, -0.15) is 0 Å². The molecule has 0 saturated heterocycles. The zero-order chi connectivity index (χ0) is 6.41. The summed E-state index contributed by atoms with van der Waals surface area (Å²) in [5.74, 6) is 0. The summed E-state index contributed by atoms with van der Waals surface area (Å²) in [7, 11) is 0. The van der Waals surface area contributed by atoms with E-state index in [1.54, 1.807) is 0 Å². The molecule has 0 unspecified atom stereocenters. The lowest BCUT2D eigenvalue weighted by Crippen LogP contribution is -2.04. The van der Waals surface area contributed by atoms with Crippen molar-refractivity contribution in [1.29, 1.82) is 0 Å². The van der Waals surface area contributed by atoms with Crippen LogP contribution in [0.1, 0.15) is 20.3 Å². The minimum atomic E-state index is 1.03. The van der Waals surface area contributed by atoms with Crippen LogP contribution in [0, 0.1) is 0 Å². The Bertz CT molecular complexity index is 74.6. The molecule has 0 amide bonds. The van der Waals surface area contributed by atoms with Crippen LogP contribution in [0.4, 0.5) is 0 Å². The Morgan fingerprint density at radius 3 is 2.75 bits per heavy atom. The Morgan fingerprint density at radius 2 is 2.38 bits per heavy atom. The maximum Gasteiger partial charge on any atom is 0.0139 e. The summed E-state index contributed by atoms with van der Waals surface area (Å²) in [4.78, 5) is 1.03. The van der Waals surface area contributed by atoms with Gasteiger partial charge in [0, 0.05) is 12.7 Å². The van der Waals surface area contributed by atoms with Crippen LogP contribution in [0.2, 0.25) is 0 Å². The number of rotatable bonds is 3. The van der Waals surface area contributed by atoms with Gasteiger partial charge in [-0.3, -0.25) is 0 Å². The molecule has 8 heavy (non-hydrogen) atoms. The van der Waals surface area contributed by atoms with Crippen molar-refractivity contribution in [3.05, 3.63) is 11.1 Å². The zero-order valence-corrected chi connectivity index (χ0v) is 6.33. The van der Waals surface area contributed by atoms with Crippen LogP contribution in [-0.4, -0.2) is 6.54 Å². The molecule has 0 spiro atoms. The summed E-state index contributed by atoms with van der Waals surface area (Å²) in [6.45, 7) is 5.12. The highest BCUT2D eigenvalue weighted by Crippen LogP contribution is 1.92. The fourth-order valence-electron chi connectivity index (χ4n) is 0.364.